The van der Waals surface area contributed by atoms with Crippen molar-refractivity contribution in [1.82, 2.24) is 5.32 Å². The van der Waals surface area contributed by atoms with Crippen LogP contribution < -0.4 is 5.32 Å². The minimum absolute atomic E-state index is 0.159. The predicted molar refractivity (Wildman–Crippen MR) is 61.9 cm³/mol. The molecule has 2 saturated carbocycles. The highest BCUT2D eigenvalue weighted by atomic mass is 35.5. The third-order valence-corrected chi connectivity index (χ3v) is 4.02. The lowest BCUT2D eigenvalue weighted by Gasteiger charge is -2.05. The van der Waals surface area contributed by atoms with Crippen LogP contribution in [0, 0.1) is 17.8 Å². The lowest BCUT2D eigenvalue weighted by atomic mass is 10.0. The van der Waals surface area contributed by atoms with Gasteiger partial charge in [-0.2, -0.15) is 0 Å². The van der Waals surface area contributed by atoms with E-state index < -0.39 is 0 Å². The average Bonchev–Trinajstić information content (AvgIpc) is 2.90. The summed E-state index contributed by atoms with van der Waals surface area (Å²) in [7, 11) is 0. The number of hydrogen-bond acceptors (Lipinski definition) is 1. The smallest absolute Gasteiger partial charge is 0.223 e. The summed E-state index contributed by atoms with van der Waals surface area (Å²) in [4.78, 5) is 11.8. The van der Waals surface area contributed by atoms with Crippen molar-refractivity contribution in [2.24, 2.45) is 17.8 Å². The highest BCUT2D eigenvalue weighted by molar-refractivity contribution is 6.20. The molecule has 3 unspecified atom stereocenters. The average molecular weight is 230 g/mol. The van der Waals surface area contributed by atoms with Gasteiger partial charge >= 0.3 is 0 Å². The minimum Gasteiger partial charge on any atom is -0.356 e. The molecule has 15 heavy (non-hydrogen) atoms. The van der Waals surface area contributed by atoms with E-state index in [2.05, 4.69) is 5.32 Å². The number of halogens is 1. The summed E-state index contributed by atoms with van der Waals surface area (Å²) in [6.07, 6.45) is 6.06. The first kappa shape index (κ1) is 11.3. The van der Waals surface area contributed by atoms with E-state index in [4.69, 9.17) is 11.6 Å². The number of alkyl halides is 1. The summed E-state index contributed by atoms with van der Waals surface area (Å²) in [6.45, 7) is 2.70. The molecule has 0 aromatic heterocycles. The van der Waals surface area contributed by atoms with Gasteiger partial charge < -0.3 is 5.32 Å². The summed E-state index contributed by atoms with van der Waals surface area (Å²) >= 11 is 5.83. The zero-order chi connectivity index (χ0) is 10.8. The molecule has 2 aliphatic carbocycles. The molecule has 0 bridgehead atoms. The number of nitrogens with one attached hydrogen (secondary N) is 1. The molecule has 2 fully saturated rings. The van der Waals surface area contributed by atoms with E-state index in [9.17, 15) is 4.79 Å². The van der Waals surface area contributed by atoms with Gasteiger partial charge in [0.15, 0.2) is 0 Å². The molecule has 3 atom stereocenters. The Kier molecular flexibility index (Phi) is 3.55. The van der Waals surface area contributed by atoms with Gasteiger partial charge in [0.2, 0.25) is 5.91 Å². The Hall–Kier alpha value is -0.240. The summed E-state index contributed by atoms with van der Waals surface area (Å²) in [5, 5.41) is 3.17. The maximum absolute atomic E-state index is 11.8. The molecule has 0 aliphatic heterocycles. The molecule has 2 nitrogen and oxygen atoms in total. The fourth-order valence-corrected chi connectivity index (χ4v) is 3.00. The van der Waals surface area contributed by atoms with Crippen LogP contribution >= 0.6 is 11.6 Å². The summed E-state index contributed by atoms with van der Waals surface area (Å²) in [6, 6.07) is 0. The Bertz CT molecular complexity index is 230. The van der Waals surface area contributed by atoms with Crippen molar-refractivity contribution in [2.75, 3.05) is 6.54 Å². The molecule has 0 spiro atoms. The summed E-state index contributed by atoms with van der Waals surface area (Å²) in [5.74, 6) is 2.06. The number of carbonyl (C=O) groups is 1. The van der Waals surface area contributed by atoms with Crippen molar-refractivity contribution in [3.05, 3.63) is 0 Å². The maximum Gasteiger partial charge on any atom is 0.223 e. The Morgan fingerprint density at radius 1 is 1.40 bits per heavy atom. The molecule has 0 radical (unpaired) electrons. The van der Waals surface area contributed by atoms with E-state index >= 15 is 0 Å². The number of rotatable bonds is 4. The zero-order valence-corrected chi connectivity index (χ0v) is 10.1. The lowest BCUT2D eigenvalue weighted by molar-refractivity contribution is -0.122. The topological polar surface area (TPSA) is 29.1 Å². The largest absolute Gasteiger partial charge is 0.356 e. The van der Waals surface area contributed by atoms with Gasteiger partial charge in [-0.05, 0) is 38.0 Å². The second-order valence-corrected chi connectivity index (χ2v) is 5.74. The van der Waals surface area contributed by atoms with Crippen LogP contribution in [0.3, 0.4) is 0 Å². The van der Waals surface area contributed by atoms with Crippen LogP contribution in [0.25, 0.3) is 0 Å². The Labute approximate surface area is 96.8 Å². The van der Waals surface area contributed by atoms with Gasteiger partial charge in [-0.25, -0.2) is 0 Å². The Balaban J connectivity index is 1.69. The van der Waals surface area contributed by atoms with Gasteiger partial charge in [0.1, 0.15) is 0 Å². The molecular weight excluding hydrogens is 210 g/mol. The van der Waals surface area contributed by atoms with E-state index in [1.807, 2.05) is 6.92 Å². The van der Waals surface area contributed by atoms with Crippen molar-refractivity contribution >= 4 is 17.5 Å². The molecule has 0 saturated heterocycles. The van der Waals surface area contributed by atoms with Crippen LogP contribution in [0.15, 0.2) is 0 Å². The fourth-order valence-electron chi connectivity index (χ4n) is 2.89. The zero-order valence-electron chi connectivity index (χ0n) is 9.34. The van der Waals surface area contributed by atoms with Crippen LogP contribution in [-0.4, -0.2) is 17.8 Å². The summed E-state index contributed by atoms with van der Waals surface area (Å²) < 4.78 is 0. The van der Waals surface area contributed by atoms with E-state index in [0.29, 0.717) is 17.8 Å². The van der Waals surface area contributed by atoms with E-state index in [0.717, 1.165) is 13.0 Å². The second kappa shape index (κ2) is 4.73. The number of fused-ring (bicyclic) bond motifs is 1. The van der Waals surface area contributed by atoms with E-state index in [1.165, 1.54) is 25.7 Å². The molecule has 1 amide bonds. The Morgan fingerprint density at radius 3 is 2.53 bits per heavy atom. The second-order valence-electron chi connectivity index (χ2n) is 5.00. The molecule has 0 aromatic rings. The SMILES string of the molecule is CC(Cl)CCNC(=O)C1C2CCCCC21. The van der Waals surface area contributed by atoms with Crippen molar-refractivity contribution in [3.8, 4) is 0 Å². The highest BCUT2D eigenvalue weighted by Crippen LogP contribution is 2.55. The number of hydrogen-bond donors (Lipinski definition) is 1. The van der Waals surface area contributed by atoms with Crippen LogP contribution in [0.1, 0.15) is 39.0 Å². The first-order valence-electron chi connectivity index (χ1n) is 6.12. The van der Waals surface area contributed by atoms with E-state index in [-0.39, 0.29) is 11.3 Å². The van der Waals surface area contributed by atoms with Crippen molar-refractivity contribution in [3.63, 3.8) is 0 Å². The number of amides is 1. The third-order valence-electron chi connectivity index (χ3n) is 3.80. The summed E-state index contributed by atoms with van der Waals surface area (Å²) in [5.41, 5.74) is 0. The van der Waals surface area contributed by atoms with Crippen LogP contribution in [0.2, 0.25) is 0 Å². The van der Waals surface area contributed by atoms with Gasteiger partial charge in [-0.3, -0.25) is 4.79 Å². The quantitative estimate of drug-likeness (QED) is 0.738. The number of carbonyl (C=O) groups excluding carboxylic acids is 1. The van der Waals surface area contributed by atoms with Gasteiger partial charge in [0.25, 0.3) is 0 Å². The highest BCUT2D eigenvalue weighted by Gasteiger charge is 2.54. The molecule has 0 heterocycles. The van der Waals surface area contributed by atoms with E-state index in [1.54, 1.807) is 0 Å². The predicted octanol–water partition coefficient (Wildman–Crippen LogP) is 2.56. The molecule has 1 N–H and O–H groups in total. The van der Waals surface area contributed by atoms with Gasteiger partial charge in [-0.15, -0.1) is 11.6 Å². The normalized spacial score (nSPS) is 35.5. The standard InChI is InChI=1S/C12H20ClNO/c1-8(13)6-7-14-12(15)11-9-4-2-3-5-10(9)11/h8-11H,2-7H2,1H3,(H,14,15). The van der Waals surface area contributed by atoms with Gasteiger partial charge in [0.05, 0.1) is 0 Å². The Morgan fingerprint density at radius 2 is 2.00 bits per heavy atom. The first-order valence-corrected chi connectivity index (χ1v) is 6.55. The maximum atomic E-state index is 11.8. The van der Waals surface area contributed by atoms with Gasteiger partial charge in [0, 0.05) is 17.8 Å². The van der Waals surface area contributed by atoms with Crippen LogP contribution in [-0.2, 0) is 4.79 Å². The molecule has 0 aromatic carbocycles. The molecule has 2 rings (SSSR count). The molecule has 3 heteroatoms. The van der Waals surface area contributed by atoms with Crippen LogP contribution in [0.4, 0.5) is 0 Å². The van der Waals surface area contributed by atoms with Crippen molar-refractivity contribution in [2.45, 2.75) is 44.4 Å². The minimum atomic E-state index is 0.159. The third kappa shape index (κ3) is 2.66. The monoisotopic (exact) mass is 229 g/mol. The lowest BCUT2D eigenvalue weighted by Crippen LogP contribution is -2.28. The molecular formula is C12H20ClNO. The van der Waals surface area contributed by atoms with Gasteiger partial charge in [-0.1, -0.05) is 12.8 Å². The molecule has 2 aliphatic rings. The van der Waals surface area contributed by atoms with Crippen molar-refractivity contribution in [1.29, 1.82) is 0 Å². The fraction of sp³-hybridized carbons (Fsp3) is 0.917. The first-order chi connectivity index (χ1) is 7.20. The van der Waals surface area contributed by atoms with Crippen LogP contribution in [0.5, 0.6) is 0 Å². The molecule has 86 valence electrons. The van der Waals surface area contributed by atoms with Crippen molar-refractivity contribution < 1.29 is 4.79 Å².